The molecule has 94 valence electrons. The molecule has 0 saturated heterocycles. The van der Waals surface area contributed by atoms with E-state index in [4.69, 9.17) is 5.73 Å². The van der Waals surface area contributed by atoms with Crippen LogP contribution in [0.4, 0.5) is 0 Å². The number of nitrogens with two attached hydrogens (primary N) is 1. The number of thioether (sulfide) groups is 1. The minimum absolute atomic E-state index is 0.00134. The second kappa shape index (κ2) is 6.67. The number of hydrogen-bond acceptors (Lipinski definition) is 3. The Labute approximate surface area is 107 Å². The molecule has 0 aromatic heterocycles. The maximum Gasteiger partial charge on any atom is 0.222 e. The van der Waals surface area contributed by atoms with Gasteiger partial charge in [0, 0.05) is 17.4 Å². The molecule has 0 aliphatic carbocycles. The van der Waals surface area contributed by atoms with E-state index in [0.29, 0.717) is 6.42 Å². The van der Waals surface area contributed by atoms with E-state index in [1.165, 1.54) is 4.90 Å². The first kappa shape index (κ1) is 14.1. The molecule has 2 unspecified atom stereocenters. The van der Waals surface area contributed by atoms with Gasteiger partial charge in [0.15, 0.2) is 0 Å². The molecule has 3 nitrogen and oxygen atoms in total. The van der Waals surface area contributed by atoms with Gasteiger partial charge in [0.25, 0.3) is 0 Å². The van der Waals surface area contributed by atoms with Crippen molar-refractivity contribution in [2.24, 2.45) is 5.73 Å². The zero-order valence-corrected chi connectivity index (χ0v) is 11.4. The largest absolute Gasteiger partial charge is 0.350 e. The highest BCUT2D eigenvalue weighted by molar-refractivity contribution is 7.98. The maximum absolute atomic E-state index is 11.6. The first-order valence-corrected chi connectivity index (χ1v) is 6.94. The minimum Gasteiger partial charge on any atom is -0.350 e. The van der Waals surface area contributed by atoms with E-state index in [-0.39, 0.29) is 18.0 Å². The molecule has 2 atom stereocenters. The molecule has 4 heteroatoms. The highest BCUT2D eigenvalue weighted by Gasteiger charge is 2.10. The van der Waals surface area contributed by atoms with Crippen LogP contribution in [0.5, 0.6) is 0 Å². The van der Waals surface area contributed by atoms with Gasteiger partial charge in [-0.05, 0) is 37.8 Å². The highest BCUT2D eigenvalue weighted by atomic mass is 32.2. The van der Waals surface area contributed by atoms with Crippen LogP contribution in [0.3, 0.4) is 0 Å². The van der Waals surface area contributed by atoms with Gasteiger partial charge in [0.05, 0.1) is 6.04 Å². The lowest BCUT2D eigenvalue weighted by Crippen LogP contribution is -2.31. The summed E-state index contributed by atoms with van der Waals surface area (Å²) in [6.45, 7) is 3.81. The smallest absolute Gasteiger partial charge is 0.222 e. The first-order chi connectivity index (χ1) is 8.02. The lowest BCUT2D eigenvalue weighted by atomic mass is 10.1. The van der Waals surface area contributed by atoms with Gasteiger partial charge in [-0.3, -0.25) is 4.79 Å². The number of carbonyl (C=O) groups excluding carboxylic acids is 1. The van der Waals surface area contributed by atoms with Crippen LogP contribution in [0.15, 0.2) is 29.2 Å². The maximum atomic E-state index is 11.6. The summed E-state index contributed by atoms with van der Waals surface area (Å²) >= 11 is 1.71. The SMILES string of the molecule is CSc1ccc(C(C)NC(=O)CC(C)N)cc1. The van der Waals surface area contributed by atoms with Gasteiger partial charge in [-0.2, -0.15) is 0 Å². The summed E-state index contributed by atoms with van der Waals surface area (Å²) in [5.41, 5.74) is 6.69. The van der Waals surface area contributed by atoms with E-state index in [0.717, 1.165) is 5.56 Å². The van der Waals surface area contributed by atoms with E-state index in [9.17, 15) is 4.79 Å². The quantitative estimate of drug-likeness (QED) is 0.791. The molecular weight excluding hydrogens is 232 g/mol. The molecule has 1 aromatic carbocycles. The molecule has 0 saturated carbocycles. The average Bonchev–Trinajstić information content (AvgIpc) is 2.28. The summed E-state index contributed by atoms with van der Waals surface area (Å²) in [7, 11) is 0. The van der Waals surface area contributed by atoms with Gasteiger partial charge in [-0.25, -0.2) is 0 Å². The third-order valence-electron chi connectivity index (χ3n) is 2.50. The van der Waals surface area contributed by atoms with E-state index in [2.05, 4.69) is 17.4 Å². The summed E-state index contributed by atoms with van der Waals surface area (Å²) in [5, 5.41) is 2.94. The van der Waals surface area contributed by atoms with Crippen LogP contribution in [0, 0.1) is 0 Å². The Hall–Kier alpha value is -1.00. The third-order valence-corrected chi connectivity index (χ3v) is 3.24. The average molecular weight is 252 g/mol. The van der Waals surface area contributed by atoms with Crippen LogP contribution in [-0.2, 0) is 4.79 Å². The Morgan fingerprint density at radius 1 is 1.35 bits per heavy atom. The molecule has 1 rings (SSSR count). The standard InChI is InChI=1S/C13H20N2OS/c1-9(14)8-13(16)15-10(2)11-4-6-12(17-3)7-5-11/h4-7,9-10H,8,14H2,1-3H3,(H,15,16). The van der Waals surface area contributed by atoms with Crippen molar-refractivity contribution < 1.29 is 4.79 Å². The monoisotopic (exact) mass is 252 g/mol. The van der Waals surface area contributed by atoms with Crippen molar-refractivity contribution in [1.82, 2.24) is 5.32 Å². The fourth-order valence-corrected chi connectivity index (χ4v) is 1.98. The third kappa shape index (κ3) is 4.79. The number of carbonyl (C=O) groups is 1. The second-order valence-electron chi connectivity index (χ2n) is 4.24. The Morgan fingerprint density at radius 2 is 1.94 bits per heavy atom. The summed E-state index contributed by atoms with van der Waals surface area (Å²) < 4.78 is 0. The Bertz CT molecular complexity index is 362. The van der Waals surface area contributed by atoms with E-state index in [1.807, 2.05) is 32.2 Å². The van der Waals surface area contributed by atoms with Crippen LogP contribution in [0.2, 0.25) is 0 Å². The van der Waals surface area contributed by atoms with Crippen molar-refractivity contribution >= 4 is 17.7 Å². The van der Waals surface area contributed by atoms with Crippen LogP contribution in [0.25, 0.3) is 0 Å². The van der Waals surface area contributed by atoms with Gasteiger partial charge in [0.1, 0.15) is 0 Å². The molecule has 0 aliphatic rings. The summed E-state index contributed by atoms with van der Waals surface area (Å²) in [6, 6.07) is 8.14. The topological polar surface area (TPSA) is 55.1 Å². The number of hydrogen-bond donors (Lipinski definition) is 2. The van der Waals surface area contributed by atoms with Crippen molar-refractivity contribution in [2.75, 3.05) is 6.26 Å². The first-order valence-electron chi connectivity index (χ1n) is 5.72. The van der Waals surface area contributed by atoms with Gasteiger partial charge in [-0.1, -0.05) is 12.1 Å². The van der Waals surface area contributed by atoms with Crippen molar-refractivity contribution in [3.63, 3.8) is 0 Å². The van der Waals surface area contributed by atoms with Gasteiger partial charge in [-0.15, -0.1) is 11.8 Å². The number of nitrogens with one attached hydrogen (secondary N) is 1. The molecule has 0 radical (unpaired) electrons. The molecule has 0 bridgehead atoms. The molecule has 3 N–H and O–H groups in total. The Balaban J connectivity index is 2.56. The van der Waals surface area contributed by atoms with Crippen LogP contribution >= 0.6 is 11.8 Å². The molecule has 1 aromatic rings. The fourth-order valence-electron chi connectivity index (χ4n) is 1.57. The highest BCUT2D eigenvalue weighted by Crippen LogP contribution is 2.18. The molecular formula is C13H20N2OS. The van der Waals surface area contributed by atoms with Crippen LogP contribution in [0.1, 0.15) is 31.9 Å². The lowest BCUT2D eigenvalue weighted by Gasteiger charge is -2.15. The van der Waals surface area contributed by atoms with Crippen molar-refractivity contribution in [1.29, 1.82) is 0 Å². The summed E-state index contributed by atoms with van der Waals surface area (Å²) in [6.07, 6.45) is 2.41. The zero-order valence-electron chi connectivity index (χ0n) is 10.6. The number of amides is 1. The summed E-state index contributed by atoms with van der Waals surface area (Å²) in [5.74, 6) is 0.00134. The molecule has 0 fully saturated rings. The minimum atomic E-state index is -0.0962. The summed E-state index contributed by atoms with van der Waals surface area (Å²) in [4.78, 5) is 12.8. The van der Waals surface area contributed by atoms with Gasteiger partial charge >= 0.3 is 0 Å². The van der Waals surface area contributed by atoms with E-state index < -0.39 is 0 Å². The lowest BCUT2D eigenvalue weighted by molar-refractivity contribution is -0.122. The van der Waals surface area contributed by atoms with E-state index >= 15 is 0 Å². The van der Waals surface area contributed by atoms with E-state index in [1.54, 1.807) is 11.8 Å². The van der Waals surface area contributed by atoms with Crippen molar-refractivity contribution in [3.8, 4) is 0 Å². The van der Waals surface area contributed by atoms with Crippen LogP contribution < -0.4 is 11.1 Å². The van der Waals surface area contributed by atoms with Crippen LogP contribution in [-0.4, -0.2) is 18.2 Å². The number of rotatable bonds is 5. The Kier molecular flexibility index (Phi) is 5.51. The second-order valence-corrected chi connectivity index (χ2v) is 5.12. The zero-order chi connectivity index (χ0) is 12.8. The van der Waals surface area contributed by atoms with Gasteiger partial charge < -0.3 is 11.1 Å². The molecule has 1 amide bonds. The Morgan fingerprint density at radius 3 is 2.41 bits per heavy atom. The van der Waals surface area contributed by atoms with Gasteiger partial charge in [0.2, 0.25) is 5.91 Å². The molecule has 0 heterocycles. The molecule has 17 heavy (non-hydrogen) atoms. The number of benzene rings is 1. The fraction of sp³-hybridized carbons (Fsp3) is 0.462. The molecule has 0 spiro atoms. The molecule has 0 aliphatic heterocycles. The van der Waals surface area contributed by atoms with Crippen molar-refractivity contribution in [3.05, 3.63) is 29.8 Å². The van der Waals surface area contributed by atoms with Crippen molar-refractivity contribution in [2.45, 2.75) is 37.2 Å². The normalized spacial score (nSPS) is 14.1. The predicted octanol–water partition coefficient (Wildman–Crippen LogP) is 2.32. The predicted molar refractivity (Wildman–Crippen MR) is 73.0 cm³/mol.